The van der Waals surface area contributed by atoms with E-state index in [-0.39, 0.29) is 0 Å². The van der Waals surface area contributed by atoms with Gasteiger partial charge < -0.3 is 0 Å². The van der Waals surface area contributed by atoms with Gasteiger partial charge >= 0.3 is 0 Å². The smallest absolute Gasteiger partial charge is 0.137 e. The first-order valence-corrected chi connectivity index (χ1v) is 8.02. The van der Waals surface area contributed by atoms with E-state index in [9.17, 15) is 0 Å². The fourth-order valence-corrected chi connectivity index (χ4v) is 3.66. The third kappa shape index (κ3) is 2.47. The van der Waals surface area contributed by atoms with Crippen LogP contribution in [0.4, 0.5) is 0 Å². The van der Waals surface area contributed by atoms with E-state index in [0.29, 0.717) is 17.0 Å². The van der Waals surface area contributed by atoms with Crippen LogP contribution in [0.3, 0.4) is 0 Å². The maximum atomic E-state index is 6.51. The Balaban J connectivity index is 2.08. The summed E-state index contributed by atoms with van der Waals surface area (Å²) >= 11 is 12.6. The second-order valence-corrected chi connectivity index (χ2v) is 6.15. The van der Waals surface area contributed by atoms with E-state index in [1.54, 1.807) is 0 Å². The number of hydrogen-bond donors (Lipinski definition) is 0. The minimum atomic E-state index is 0.427. The van der Waals surface area contributed by atoms with Gasteiger partial charge in [0.15, 0.2) is 0 Å². The Labute approximate surface area is 129 Å². The number of nitrogens with zero attached hydrogens (tertiary/aromatic N) is 2. The SMILES string of the molecule is Cc1cccc(-n2nc(C3CCCC3)c(CCl)c2Cl)c1. The zero-order chi connectivity index (χ0) is 14.1. The van der Waals surface area contributed by atoms with E-state index in [0.717, 1.165) is 16.9 Å². The van der Waals surface area contributed by atoms with E-state index in [1.165, 1.54) is 31.2 Å². The summed E-state index contributed by atoms with van der Waals surface area (Å²) in [5.41, 5.74) is 4.31. The highest BCUT2D eigenvalue weighted by Crippen LogP contribution is 2.38. The molecular weight excluding hydrogens is 291 g/mol. The van der Waals surface area contributed by atoms with Crippen LogP contribution < -0.4 is 0 Å². The van der Waals surface area contributed by atoms with Gasteiger partial charge in [-0.25, -0.2) is 4.68 Å². The lowest BCUT2D eigenvalue weighted by Gasteiger charge is -2.06. The molecule has 0 amide bonds. The fraction of sp³-hybridized carbons (Fsp3) is 0.438. The monoisotopic (exact) mass is 308 g/mol. The summed E-state index contributed by atoms with van der Waals surface area (Å²) in [5, 5.41) is 5.43. The highest BCUT2D eigenvalue weighted by atomic mass is 35.5. The summed E-state index contributed by atoms with van der Waals surface area (Å²) in [6.07, 6.45) is 4.96. The van der Waals surface area contributed by atoms with E-state index < -0.39 is 0 Å². The molecule has 1 fully saturated rings. The Bertz CT molecular complexity index is 613. The van der Waals surface area contributed by atoms with Crippen molar-refractivity contribution in [3.8, 4) is 5.69 Å². The van der Waals surface area contributed by atoms with Crippen LogP contribution in [0.2, 0.25) is 5.15 Å². The van der Waals surface area contributed by atoms with Crippen molar-refractivity contribution in [2.75, 3.05) is 0 Å². The number of halogens is 2. The van der Waals surface area contributed by atoms with Gasteiger partial charge in [-0.3, -0.25) is 0 Å². The molecule has 0 radical (unpaired) electrons. The van der Waals surface area contributed by atoms with Crippen LogP contribution >= 0.6 is 23.2 Å². The number of aryl methyl sites for hydroxylation is 1. The third-order valence-corrected chi connectivity index (χ3v) is 4.73. The lowest BCUT2D eigenvalue weighted by atomic mass is 10.0. The molecule has 0 N–H and O–H groups in total. The molecule has 1 aliphatic rings. The van der Waals surface area contributed by atoms with E-state index in [4.69, 9.17) is 28.3 Å². The number of rotatable bonds is 3. The van der Waals surface area contributed by atoms with Crippen molar-refractivity contribution >= 4 is 23.2 Å². The minimum absolute atomic E-state index is 0.427. The van der Waals surface area contributed by atoms with Gasteiger partial charge in [-0.05, 0) is 37.5 Å². The molecule has 3 rings (SSSR count). The van der Waals surface area contributed by atoms with Crippen molar-refractivity contribution < 1.29 is 0 Å². The predicted octanol–water partition coefficient (Wildman–Crippen LogP) is 5.23. The van der Waals surface area contributed by atoms with Gasteiger partial charge in [-0.2, -0.15) is 5.10 Å². The Morgan fingerprint density at radius 3 is 2.70 bits per heavy atom. The van der Waals surface area contributed by atoms with Crippen LogP contribution in [-0.2, 0) is 5.88 Å². The van der Waals surface area contributed by atoms with Crippen molar-refractivity contribution in [2.24, 2.45) is 0 Å². The zero-order valence-corrected chi connectivity index (χ0v) is 13.1. The average molecular weight is 309 g/mol. The van der Waals surface area contributed by atoms with Crippen LogP contribution in [0.5, 0.6) is 0 Å². The van der Waals surface area contributed by atoms with Gasteiger partial charge in [-0.15, -0.1) is 11.6 Å². The first-order chi connectivity index (χ1) is 9.70. The quantitative estimate of drug-likeness (QED) is 0.710. The van der Waals surface area contributed by atoms with E-state index in [2.05, 4.69) is 19.1 Å². The van der Waals surface area contributed by atoms with Crippen LogP contribution in [0, 0.1) is 6.92 Å². The largest absolute Gasteiger partial charge is 0.222 e. The van der Waals surface area contributed by atoms with Crippen molar-refractivity contribution in [3.63, 3.8) is 0 Å². The number of aromatic nitrogens is 2. The lowest BCUT2D eigenvalue weighted by molar-refractivity contribution is 0.675. The summed E-state index contributed by atoms with van der Waals surface area (Å²) < 4.78 is 1.83. The maximum absolute atomic E-state index is 6.51. The van der Waals surface area contributed by atoms with E-state index >= 15 is 0 Å². The number of hydrogen-bond acceptors (Lipinski definition) is 1. The molecule has 1 aliphatic carbocycles. The second-order valence-electron chi connectivity index (χ2n) is 5.52. The van der Waals surface area contributed by atoms with Gasteiger partial charge in [0.2, 0.25) is 0 Å². The zero-order valence-electron chi connectivity index (χ0n) is 11.6. The van der Waals surface area contributed by atoms with Crippen LogP contribution in [0.15, 0.2) is 24.3 Å². The summed E-state index contributed by atoms with van der Waals surface area (Å²) in [4.78, 5) is 0. The Kier molecular flexibility index (Phi) is 4.04. The molecule has 4 heteroatoms. The maximum Gasteiger partial charge on any atom is 0.137 e. The van der Waals surface area contributed by atoms with Crippen molar-refractivity contribution in [1.82, 2.24) is 9.78 Å². The Morgan fingerprint density at radius 1 is 1.30 bits per heavy atom. The third-order valence-electron chi connectivity index (χ3n) is 4.07. The summed E-state index contributed by atoms with van der Waals surface area (Å²) in [5.74, 6) is 0.948. The van der Waals surface area contributed by atoms with Crippen LogP contribution in [0.25, 0.3) is 5.69 Å². The molecule has 106 valence electrons. The van der Waals surface area contributed by atoms with Crippen LogP contribution in [0.1, 0.15) is 48.4 Å². The normalized spacial score (nSPS) is 15.9. The molecule has 0 bridgehead atoms. The van der Waals surface area contributed by atoms with Crippen molar-refractivity contribution in [1.29, 1.82) is 0 Å². The molecule has 0 spiro atoms. The van der Waals surface area contributed by atoms with Gasteiger partial charge in [0.25, 0.3) is 0 Å². The highest BCUT2D eigenvalue weighted by Gasteiger charge is 2.26. The average Bonchev–Trinajstić information content (AvgIpc) is 3.05. The number of alkyl halides is 1. The second kappa shape index (κ2) is 5.79. The number of benzene rings is 1. The molecule has 1 heterocycles. The first-order valence-electron chi connectivity index (χ1n) is 7.11. The molecule has 2 nitrogen and oxygen atoms in total. The molecule has 0 unspecified atom stereocenters. The summed E-state index contributed by atoms with van der Waals surface area (Å²) in [6, 6.07) is 8.22. The molecule has 0 atom stereocenters. The Hall–Kier alpha value is -0.990. The highest BCUT2D eigenvalue weighted by molar-refractivity contribution is 6.31. The van der Waals surface area contributed by atoms with Gasteiger partial charge in [0.1, 0.15) is 5.15 Å². The topological polar surface area (TPSA) is 17.8 Å². The molecule has 20 heavy (non-hydrogen) atoms. The molecular formula is C16H18Cl2N2. The standard InChI is InChI=1S/C16H18Cl2N2/c1-11-5-4-8-13(9-11)20-16(18)14(10-17)15(19-20)12-6-2-3-7-12/h4-5,8-9,12H,2-3,6-7,10H2,1H3. The molecule has 2 aromatic rings. The van der Waals surface area contributed by atoms with Gasteiger partial charge in [0.05, 0.1) is 17.3 Å². The predicted molar refractivity (Wildman–Crippen MR) is 84.1 cm³/mol. The van der Waals surface area contributed by atoms with Gasteiger partial charge in [0, 0.05) is 11.5 Å². The summed E-state index contributed by atoms with van der Waals surface area (Å²) in [6.45, 7) is 2.07. The molecule has 1 aromatic heterocycles. The van der Waals surface area contributed by atoms with Gasteiger partial charge in [-0.1, -0.05) is 36.6 Å². The van der Waals surface area contributed by atoms with Crippen LogP contribution in [-0.4, -0.2) is 9.78 Å². The van der Waals surface area contributed by atoms with E-state index in [1.807, 2.05) is 16.8 Å². The Morgan fingerprint density at radius 2 is 2.05 bits per heavy atom. The molecule has 1 aromatic carbocycles. The van der Waals surface area contributed by atoms with Crippen molar-refractivity contribution in [2.45, 2.75) is 44.4 Å². The molecule has 1 saturated carbocycles. The minimum Gasteiger partial charge on any atom is -0.222 e. The molecule has 0 saturated heterocycles. The van der Waals surface area contributed by atoms with Crippen molar-refractivity contribution in [3.05, 3.63) is 46.2 Å². The first kappa shape index (κ1) is 14.0. The fourth-order valence-electron chi connectivity index (χ4n) is 3.03. The summed E-state index contributed by atoms with van der Waals surface area (Å²) in [7, 11) is 0. The molecule has 0 aliphatic heterocycles. The lowest BCUT2D eigenvalue weighted by Crippen LogP contribution is -2.00.